The van der Waals surface area contributed by atoms with Crippen LogP contribution in [0.4, 0.5) is 8.78 Å². The minimum absolute atomic E-state index is 0.116. The molecule has 1 atom stereocenters. The van der Waals surface area contributed by atoms with E-state index in [2.05, 4.69) is 10.6 Å². The summed E-state index contributed by atoms with van der Waals surface area (Å²) in [5, 5.41) is 5.60. The van der Waals surface area contributed by atoms with Gasteiger partial charge in [-0.2, -0.15) is 0 Å². The zero-order valence-electron chi connectivity index (χ0n) is 9.89. The fourth-order valence-electron chi connectivity index (χ4n) is 1.34. The van der Waals surface area contributed by atoms with Crippen LogP contribution in [0, 0.1) is 11.6 Å². The molecule has 0 spiro atoms. The Bertz CT molecular complexity index is 396. The Morgan fingerprint density at radius 2 is 2.06 bits per heavy atom. The molecule has 94 valence electrons. The molecular weight excluding hydrogens is 226 g/mol. The van der Waals surface area contributed by atoms with E-state index in [-0.39, 0.29) is 11.9 Å². The maximum Gasteiger partial charge on any atom is 0.236 e. The van der Waals surface area contributed by atoms with Gasteiger partial charge in [0.2, 0.25) is 5.91 Å². The Morgan fingerprint density at radius 1 is 1.35 bits per heavy atom. The fourth-order valence-corrected chi connectivity index (χ4v) is 1.34. The third kappa shape index (κ3) is 4.11. The van der Waals surface area contributed by atoms with Crippen molar-refractivity contribution in [3.8, 4) is 0 Å². The standard InChI is InChI=1S/C12H16F2N2O/c1-3-15-12(17)8(2)16-7-9-4-5-10(13)11(14)6-9/h4-6,8,16H,3,7H2,1-2H3,(H,15,17). The molecule has 1 unspecified atom stereocenters. The Kier molecular flexibility index (Phi) is 5.03. The number of benzene rings is 1. The normalized spacial score (nSPS) is 12.2. The first-order chi connectivity index (χ1) is 8.04. The molecule has 1 aromatic carbocycles. The first-order valence-electron chi connectivity index (χ1n) is 5.49. The second-order valence-corrected chi connectivity index (χ2v) is 3.75. The molecule has 0 aliphatic carbocycles. The molecule has 3 nitrogen and oxygen atoms in total. The molecule has 0 saturated carbocycles. The number of carbonyl (C=O) groups is 1. The summed E-state index contributed by atoms with van der Waals surface area (Å²) >= 11 is 0. The molecule has 0 radical (unpaired) electrons. The smallest absolute Gasteiger partial charge is 0.236 e. The van der Waals surface area contributed by atoms with Gasteiger partial charge in [0.15, 0.2) is 11.6 Å². The minimum Gasteiger partial charge on any atom is -0.355 e. The summed E-state index contributed by atoms with van der Waals surface area (Å²) < 4.78 is 25.6. The van der Waals surface area contributed by atoms with Crippen LogP contribution in [0.3, 0.4) is 0 Å². The first-order valence-corrected chi connectivity index (χ1v) is 5.49. The maximum atomic E-state index is 12.9. The van der Waals surface area contributed by atoms with E-state index < -0.39 is 11.6 Å². The topological polar surface area (TPSA) is 41.1 Å². The highest BCUT2D eigenvalue weighted by atomic mass is 19.2. The van der Waals surface area contributed by atoms with Gasteiger partial charge in [-0.05, 0) is 31.5 Å². The predicted molar refractivity (Wildman–Crippen MR) is 61.3 cm³/mol. The largest absolute Gasteiger partial charge is 0.355 e. The lowest BCUT2D eigenvalue weighted by Crippen LogP contribution is -2.41. The Balaban J connectivity index is 2.50. The number of rotatable bonds is 5. The number of nitrogens with one attached hydrogen (secondary N) is 2. The van der Waals surface area contributed by atoms with Gasteiger partial charge in [-0.15, -0.1) is 0 Å². The molecule has 17 heavy (non-hydrogen) atoms. The summed E-state index contributed by atoms with van der Waals surface area (Å²) in [6.07, 6.45) is 0. The zero-order chi connectivity index (χ0) is 12.8. The van der Waals surface area contributed by atoms with Crippen LogP contribution in [0.1, 0.15) is 19.4 Å². The highest BCUT2D eigenvalue weighted by Crippen LogP contribution is 2.08. The van der Waals surface area contributed by atoms with Crippen molar-refractivity contribution in [2.45, 2.75) is 26.4 Å². The monoisotopic (exact) mass is 242 g/mol. The average Bonchev–Trinajstić information content (AvgIpc) is 2.30. The molecular formula is C12H16F2N2O. The molecule has 0 saturated heterocycles. The molecule has 5 heteroatoms. The molecule has 0 heterocycles. The average molecular weight is 242 g/mol. The second-order valence-electron chi connectivity index (χ2n) is 3.75. The Labute approximate surface area is 99.2 Å². The SMILES string of the molecule is CCNC(=O)C(C)NCc1ccc(F)c(F)c1. The second kappa shape index (κ2) is 6.30. The molecule has 0 aliphatic rings. The molecule has 0 bridgehead atoms. The van der Waals surface area contributed by atoms with Crippen LogP contribution in [0.15, 0.2) is 18.2 Å². The van der Waals surface area contributed by atoms with Crippen molar-refractivity contribution < 1.29 is 13.6 Å². The minimum atomic E-state index is -0.880. The van der Waals surface area contributed by atoms with Gasteiger partial charge in [0.05, 0.1) is 6.04 Å². The van der Waals surface area contributed by atoms with Crippen LogP contribution in [0.5, 0.6) is 0 Å². The molecule has 1 amide bonds. The lowest BCUT2D eigenvalue weighted by molar-refractivity contribution is -0.122. The summed E-state index contributed by atoms with van der Waals surface area (Å²) in [7, 11) is 0. The highest BCUT2D eigenvalue weighted by molar-refractivity contribution is 5.81. The summed E-state index contributed by atoms with van der Waals surface area (Å²) in [5.74, 6) is -1.87. The molecule has 0 aliphatic heterocycles. The number of hydrogen-bond donors (Lipinski definition) is 2. The summed E-state index contributed by atoms with van der Waals surface area (Å²) in [6.45, 7) is 4.43. The van der Waals surface area contributed by atoms with Gasteiger partial charge in [0, 0.05) is 13.1 Å². The van der Waals surface area contributed by atoms with Crippen LogP contribution < -0.4 is 10.6 Å². The number of halogens is 2. The van der Waals surface area contributed by atoms with Crippen LogP contribution in [-0.2, 0) is 11.3 Å². The molecule has 0 fully saturated rings. The van der Waals surface area contributed by atoms with E-state index in [1.54, 1.807) is 6.92 Å². The predicted octanol–water partition coefficient (Wildman–Crippen LogP) is 1.58. The number of amides is 1. The van der Waals surface area contributed by atoms with Crippen molar-refractivity contribution in [2.24, 2.45) is 0 Å². The lowest BCUT2D eigenvalue weighted by atomic mass is 10.2. The summed E-state index contributed by atoms with van der Waals surface area (Å²) in [6, 6.07) is 3.30. The van der Waals surface area contributed by atoms with Crippen molar-refractivity contribution in [3.05, 3.63) is 35.4 Å². The van der Waals surface area contributed by atoms with E-state index in [1.165, 1.54) is 6.07 Å². The van der Waals surface area contributed by atoms with Gasteiger partial charge in [0.25, 0.3) is 0 Å². The van der Waals surface area contributed by atoms with Crippen LogP contribution in [-0.4, -0.2) is 18.5 Å². The fraction of sp³-hybridized carbons (Fsp3) is 0.417. The maximum absolute atomic E-state index is 12.9. The van der Waals surface area contributed by atoms with Gasteiger partial charge in [-0.3, -0.25) is 4.79 Å². The van der Waals surface area contributed by atoms with Gasteiger partial charge in [0.1, 0.15) is 0 Å². The number of carbonyl (C=O) groups excluding carboxylic acids is 1. The van der Waals surface area contributed by atoms with Gasteiger partial charge >= 0.3 is 0 Å². The van der Waals surface area contributed by atoms with E-state index in [4.69, 9.17) is 0 Å². The number of hydrogen-bond acceptors (Lipinski definition) is 2. The third-order valence-electron chi connectivity index (χ3n) is 2.34. The third-order valence-corrected chi connectivity index (χ3v) is 2.34. The van der Waals surface area contributed by atoms with Crippen LogP contribution >= 0.6 is 0 Å². The highest BCUT2D eigenvalue weighted by Gasteiger charge is 2.11. The van der Waals surface area contributed by atoms with Crippen LogP contribution in [0.25, 0.3) is 0 Å². The van der Waals surface area contributed by atoms with Gasteiger partial charge in [-0.25, -0.2) is 8.78 Å². The van der Waals surface area contributed by atoms with Crippen molar-refractivity contribution in [2.75, 3.05) is 6.54 Å². The van der Waals surface area contributed by atoms with E-state index in [0.29, 0.717) is 18.7 Å². The molecule has 1 aromatic rings. The van der Waals surface area contributed by atoms with E-state index >= 15 is 0 Å². The Hall–Kier alpha value is -1.49. The van der Waals surface area contributed by atoms with E-state index in [0.717, 1.165) is 12.1 Å². The van der Waals surface area contributed by atoms with Crippen molar-refractivity contribution >= 4 is 5.91 Å². The lowest BCUT2D eigenvalue weighted by Gasteiger charge is -2.13. The number of likely N-dealkylation sites (N-methyl/N-ethyl adjacent to an activating group) is 1. The quantitative estimate of drug-likeness (QED) is 0.823. The summed E-state index contributed by atoms with van der Waals surface area (Å²) in [5.41, 5.74) is 0.597. The molecule has 2 N–H and O–H groups in total. The van der Waals surface area contributed by atoms with E-state index in [9.17, 15) is 13.6 Å². The van der Waals surface area contributed by atoms with Gasteiger partial charge in [-0.1, -0.05) is 6.07 Å². The Morgan fingerprint density at radius 3 is 2.65 bits per heavy atom. The zero-order valence-corrected chi connectivity index (χ0v) is 9.89. The van der Waals surface area contributed by atoms with E-state index in [1.807, 2.05) is 6.92 Å². The van der Waals surface area contributed by atoms with Crippen molar-refractivity contribution in [1.82, 2.24) is 10.6 Å². The first kappa shape index (κ1) is 13.6. The van der Waals surface area contributed by atoms with Crippen LogP contribution in [0.2, 0.25) is 0 Å². The molecule has 0 aromatic heterocycles. The molecule has 1 rings (SSSR count). The van der Waals surface area contributed by atoms with Crippen molar-refractivity contribution in [3.63, 3.8) is 0 Å². The van der Waals surface area contributed by atoms with Crippen molar-refractivity contribution in [1.29, 1.82) is 0 Å². The summed E-state index contributed by atoms with van der Waals surface area (Å²) in [4.78, 5) is 11.4. The van der Waals surface area contributed by atoms with Gasteiger partial charge < -0.3 is 10.6 Å².